The lowest BCUT2D eigenvalue weighted by Gasteiger charge is -2.40. The first-order valence-corrected chi connectivity index (χ1v) is 11.6. The SMILES string of the molecule is CCc1cccc(C2(NC[C@H](O)[C@H](Cc3cc(F)cc(F)c3)NC(C)=O)CCCCC2)c1. The molecular weight excluding hydrogens is 410 g/mol. The van der Waals surface area contributed by atoms with Crippen molar-refractivity contribution >= 4 is 5.91 Å². The Morgan fingerprint density at radius 1 is 1.06 bits per heavy atom. The summed E-state index contributed by atoms with van der Waals surface area (Å²) in [5.74, 6) is -1.65. The number of hydrogen-bond donors (Lipinski definition) is 3. The van der Waals surface area contributed by atoms with Gasteiger partial charge in [-0.25, -0.2) is 8.78 Å². The number of aliphatic hydroxyl groups is 1. The Kier molecular flexibility index (Phi) is 8.38. The molecule has 0 aliphatic heterocycles. The van der Waals surface area contributed by atoms with Crippen LogP contribution in [0.4, 0.5) is 8.78 Å². The van der Waals surface area contributed by atoms with Crippen LogP contribution < -0.4 is 10.6 Å². The van der Waals surface area contributed by atoms with E-state index >= 15 is 0 Å². The van der Waals surface area contributed by atoms with Gasteiger partial charge in [-0.05, 0) is 54.5 Å². The van der Waals surface area contributed by atoms with Crippen molar-refractivity contribution in [2.24, 2.45) is 0 Å². The van der Waals surface area contributed by atoms with E-state index in [4.69, 9.17) is 0 Å². The number of carbonyl (C=O) groups excluding carboxylic acids is 1. The Labute approximate surface area is 189 Å². The van der Waals surface area contributed by atoms with Gasteiger partial charge in [0.2, 0.25) is 5.91 Å². The topological polar surface area (TPSA) is 61.4 Å². The third kappa shape index (κ3) is 6.36. The summed E-state index contributed by atoms with van der Waals surface area (Å²) >= 11 is 0. The quantitative estimate of drug-likeness (QED) is 0.538. The Morgan fingerprint density at radius 3 is 2.38 bits per heavy atom. The Hall–Kier alpha value is -2.31. The number of benzene rings is 2. The van der Waals surface area contributed by atoms with Gasteiger partial charge in [-0.1, -0.05) is 50.5 Å². The highest BCUT2D eigenvalue weighted by atomic mass is 19.1. The van der Waals surface area contributed by atoms with E-state index in [0.717, 1.165) is 38.2 Å². The van der Waals surface area contributed by atoms with Crippen LogP contribution in [-0.2, 0) is 23.2 Å². The van der Waals surface area contributed by atoms with Crippen molar-refractivity contribution in [1.29, 1.82) is 0 Å². The van der Waals surface area contributed by atoms with Crippen molar-refractivity contribution in [3.05, 3.63) is 70.8 Å². The van der Waals surface area contributed by atoms with E-state index in [1.165, 1.54) is 36.6 Å². The van der Waals surface area contributed by atoms with Gasteiger partial charge < -0.3 is 15.7 Å². The monoisotopic (exact) mass is 444 g/mol. The maximum absolute atomic E-state index is 13.6. The lowest BCUT2D eigenvalue weighted by atomic mass is 9.76. The number of halogens is 2. The second-order valence-corrected chi connectivity index (χ2v) is 8.93. The third-order valence-electron chi connectivity index (χ3n) is 6.48. The number of rotatable bonds is 9. The standard InChI is InChI=1S/C26H34F2N2O2/c1-3-19-8-7-9-21(12-19)26(10-5-4-6-11-26)29-17-25(32)24(30-18(2)31)15-20-13-22(27)16-23(28)14-20/h7-9,12-14,16,24-25,29,32H,3-6,10-11,15,17H2,1-2H3,(H,30,31)/t24-,25-/m0/s1. The van der Waals surface area contributed by atoms with Crippen LogP contribution in [0.2, 0.25) is 0 Å². The highest BCUT2D eigenvalue weighted by Crippen LogP contribution is 2.37. The molecular formula is C26H34F2N2O2. The lowest BCUT2D eigenvalue weighted by molar-refractivity contribution is -0.120. The first kappa shape index (κ1) is 24.3. The summed E-state index contributed by atoms with van der Waals surface area (Å²) in [6.45, 7) is 3.77. The van der Waals surface area contributed by atoms with Gasteiger partial charge in [-0.15, -0.1) is 0 Å². The molecule has 0 aromatic heterocycles. The van der Waals surface area contributed by atoms with Crippen LogP contribution in [-0.4, -0.2) is 29.7 Å². The van der Waals surface area contributed by atoms with E-state index in [0.29, 0.717) is 5.56 Å². The maximum Gasteiger partial charge on any atom is 0.217 e. The van der Waals surface area contributed by atoms with E-state index in [1.807, 2.05) is 0 Å². The number of aliphatic hydroxyl groups excluding tert-OH is 1. The third-order valence-corrected chi connectivity index (χ3v) is 6.48. The predicted octanol–water partition coefficient (Wildman–Crippen LogP) is 4.38. The number of hydrogen-bond acceptors (Lipinski definition) is 3. The first-order chi connectivity index (χ1) is 15.3. The Balaban J connectivity index is 1.77. The van der Waals surface area contributed by atoms with Gasteiger partial charge in [0.25, 0.3) is 0 Å². The van der Waals surface area contributed by atoms with Crippen LogP contribution in [0.3, 0.4) is 0 Å². The number of nitrogens with one attached hydrogen (secondary N) is 2. The largest absolute Gasteiger partial charge is 0.390 e. The summed E-state index contributed by atoms with van der Waals surface area (Å²) in [4.78, 5) is 11.8. The normalized spacial score (nSPS) is 17.5. The molecule has 3 N–H and O–H groups in total. The van der Waals surface area contributed by atoms with Crippen LogP contribution in [0.1, 0.15) is 62.6 Å². The molecule has 32 heavy (non-hydrogen) atoms. The van der Waals surface area contributed by atoms with E-state index in [2.05, 4.69) is 41.8 Å². The zero-order valence-electron chi connectivity index (χ0n) is 19.0. The predicted molar refractivity (Wildman–Crippen MR) is 122 cm³/mol. The highest BCUT2D eigenvalue weighted by molar-refractivity contribution is 5.73. The molecule has 2 aromatic rings. The molecule has 2 aromatic carbocycles. The van der Waals surface area contributed by atoms with Crippen molar-refractivity contribution < 1.29 is 18.7 Å². The summed E-state index contributed by atoms with van der Waals surface area (Å²) in [6, 6.07) is 11.2. The number of carbonyl (C=O) groups is 1. The average molecular weight is 445 g/mol. The molecule has 1 amide bonds. The Bertz CT molecular complexity index is 892. The fourth-order valence-electron chi connectivity index (χ4n) is 4.78. The molecule has 0 heterocycles. The molecule has 0 unspecified atom stereocenters. The van der Waals surface area contributed by atoms with Gasteiger partial charge in [0, 0.05) is 25.1 Å². The van der Waals surface area contributed by atoms with Crippen molar-refractivity contribution in [3.8, 4) is 0 Å². The molecule has 0 bridgehead atoms. The van der Waals surface area contributed by atoms with E-state index in [1.54, 1.807) is 0 Å². The summed E-state index contributed by atoms with van der Waals surface area (Å²) in [5.41, 5.74) is 2.67. The number of amides is 1. The second kappa shape index (κ2) is 11.0. The molecule has 174 valence electrons. The minimum atomic E-state index is -0.918. The molecule has 4 nitrogen and oxygen atoms in total. The molecule has 1 aliphatic rings. The van der Waals surface area contributed by atoms with Gasteiger partial charge in [-0.2, -0.15) is 0 Å². The van der Waals surface area contributed by atoms with Crippen LogP contribution in [0.15, 0.2) is 42.5 Å². The highest BCUT2D eigenvalue weighted by Gasteiger charge is 2.35. The molecule has 2 atom stereocenters. The van der Waals surface area contributed by atoms with Crippen molar-refractivity contribution in [3.63, 3.8) is 0 Å². The van der Waals surface area contributed by atoms with Crippen LogP contribution in [0.5, 0.6) is 0 Å². The van der Waals surface area contributed by atoms with Gasteiger partial charge in [0.05, 0.1) is 12.1 Å². The summed E-state index contributed by atoms with van der Waals surface area (Å²) in [6.07, 6.45) is 5.54. The fraction of sp³-hybridized carbons (Fsp3) is 0.500. The van der Waals surface area contributed by atoms with Crippen LogP contribution in [0.25, 0.3) is 0 Å². The van der Waals surface area contributed by atoms with Crippen LogP contribution >= 0.6 is 0 Å². The van der Waals surface area contributed by atoms with E-state index in [9.17, 15) is 18.7 Å². The first-order valence-electron chi connectivity index (χ1n) is 11.6. The van der Waals surface area contributed by atoms with Crippen molar-refractivity contribution in [2.75, 3.05) is 6.54 Å². The minimum Gasteiger partial charge on any atom is -0.390 e. The molecule has 1 fully saturated rings. The number of aryl methyl sites for hydroxylation is 1. The van der Waals surface area contributed by atoms with Crippen molar-refractivity contribution in [2.45, 2.75) is 76.5 Å². The van der Waals surface area contributed by atoms with E-state index < -0.39 is 23.8 Å². The zero-order chi connectivity index (χ0) is 23.1. The Morgan fingerprint density at radius 2 is 1.75 bits per heavy atom. The zero-order valence-corrected chi connectivity index (χ0v) is 19.0. The van der Waals surface area contributed by atoms with E-state index in [-0.39, 0.29) is 24.4 Å². The molecule has 0 spiro atoms. The van der Waals surface area contributed by atoms with Gasteiger partial charge in [-0.3, -0.25) is 4.79 Å². The molecule has 3 rings (SSSR count). The lowest BCUT2D eigenvalue weighted by Crippen LogP contribution is -2.53. The van der Waals surface area contributed by atoms with Crippen molar-refractivity contribution in [1.82, 2.24) is 10.6 Å². The molecule has 0 radical (unpaired) electrons. The molecule has 6 heteroatoms. The summed E-state index contributed by atoms with van der Waals surface area (Å²) < 4.78 is 27.3. The molecule has 0 saturated heterocycles. The van der Waals surface area contributed by atoms with Crippen LogP contribution in [0, 0.1) is 11.6 Å². The minimum absolute atomic E-state index is 0.134. The summed E-state index contributed by atoms with van der Waals surface area (Å²) in [7, 11) is 0. The van der Waals surface area contributed by atoms with Gasteiger partial charge in [0.15, 0.2) is 0 Å². The maximum atomic E-state index is 13.6. The van der Waals surface area contributed by atoms with Gasteiger partial charge in [0.1, 0.15) is 11.6 Å². The molecule has 1 saturated carbocycles. The smallest absolute Gasteiger partial charge is 0.217 e. The fourth-order valence-corrected chi connectivity index (χ4v) is 4.78. The van der Waals surface area contributed by atoms with Gasteiger partial charge >= 0.3 is 0 Å². The average Bonchev–Trinajstić information content (AvgIpc) is 2.76. The molecule has 1 aliphatic carbocycles. The summed E-state index contributed by atoms with van der Waals surface area (Å²) in [5, 5.41) is 17.4. The second-order valence-electron chi connectivity index (χ2n) is 8.93.